The van der Waals surface area contributed by atoms with Crippen molar-refractivity contribution in [2.24, 2.45) is 5.92 Å². The van der Waals surface area contributed by atoms with Crippen molar-refractivity contribution in [3.05, 3.63) is 39.7 Å². The highest BCUT2D eigenvalue weighted by molar-refractivity contribution is 6.37. The highest BCUT2D eigenvalue weighted by Gasteiger charge is 2.38. The number of esters is 1. The lowest BCUT2D eigenvalue weighted by molar-refractivity contribution is 0.0105. The Hall–Kier alpha value is -2.87. The van der Waals surface area contributed by atoms with Crippen LogP contribution in [0.25, 0.3) is 11.3 Å². The van der Waals surface area contributed by atoms with Gasteiger partial charge in [-0.05, 0) is 37.8 Å². The van der Waals surface area contributed by atoms with Gasteiger partial charge >= 0.3 is 5.97 Å². The number of pyridine rings is 1. The molecule has 4 radical (unpaired) electrons. The van der Waals surface area contributed by atoms with Crippen molar-refractivity contribution < 1.29 is 28.8 Å². The van der Waals surface area contributed by atoms with Gasteiger partial charge in [-0.25, -0.2) is 4.79 Å². The highest BCUT2D eigenvalue weighted by atomic mass is 16.6. The summed E-state index contributed by atoms with van der Waals surface area (Å²) in [6.45, 7) is 5.83. The number of nitrogens with zero attached hydrogens (tertiary/aromatic N) is 1. The molecule has 10 heteroatoms. The monoisotopic (exact) mass is 449 g/mol. The second kappa shape index (κ2) is 8.48. The van der Waals surface area contributed by atoms with Crippen molar-refractivity contribution in [2.45, 2.75) is 51.3 Å². The van der Waals surface area contributed by atoms with E-state index < -0.39 is 23.2 Å². The second-order valence-electron chi connectivity index (χ2n) is 8.62. The molecule has 1 aliphatic heterocycles. The molecule has 1 atom stereocenters. The van der Waals surface area contributed by atoms with Gasteiger partial charge in [-0.3, -0.25) is 4.79 Å². The quantitative estimate of drug-likeness (QED) is 0.394. The van der Waals surface area contributed by atoms with Gasteiger partial charge in [-0.1, -0.05) is 13.8 Å². The van der Waals surface area contributed by atoms with Crippen LogP contribution in [0.1, 0.15) is 61.7 Å². The Balaban J connectivity index is 2.00. The molecular weight excluding hydrogens is 424 g/mol. The molecule has 1 saturated carbocycles. The maximum absolute atomic E-state index is 13.4. The van der Waals surface area contributed by atoms with E-state index in [4.69, 9.17) is 34.6 Å². The smallest absolute Gasteiger partial charge is 0.343 e. The molecule has 0 amide bonds. The van der Waals surface area contributed by atoms with Crippen LogP contribution in [0.15, 0.2) is 23.0 Å². The Morgan fingerprint density at radius 2 is 1.97 bits per heavy atom. The number of benzene rings is 1. The molecule has 2 aromatic rings. The molecule has 1 fully saturated rings. The van der Waals surface area contributed by atoms with Gasteiger partial charge in [0.25, 0.3) is 5.56 Å². The van der Waals surface area contributed by atoms with Crippen LogP contribution < -0.4 is 19.8 Å². The standard InChI is InChI=1S/C23H25B2NO7/c1-5-31-22(28)15-8-14-19(26(21(15)27)12-6-7-12)13-9-17(30-4)18(33-23(24,25)29)10-16(13)32-20(14)11(2)3/h8-12,20,29H,5-7H2,1-4H3. The van der Waals surface area contributed by atoms with Crippen molar-refractivity contribution in [1.29, 1.82) is 0 Å². The third-order valence-corrected chi connectivity index (χ3v) is 5.63. The topological polar surface area (TPSA) is 96.2 Å². The van der Waals surface area contributed by atoms with E-state index in [2.05, 4.69) is 0 Å². The van der Waals surface area contributed by atoms with Crippen LogP contribution in [0.3, 0.4) is 0 Å². The van der Waals surface area contributed by atoms with E-state index in [1.54, 1.807) is 23.6 Å². The van der Waals surface area contributed by atoms with E-state index in [-0.39, 0.29) is 35.6 Å². The van der Waals surface area contributed by atoms with E-state index in [9.17, 15) is 14.7 Å². The fourth-order valence-electron chi connectivity index (χ4n) is 4.13. The Kier molecular flexibility index (Phi) is 5.99. The van der Waals surface area contributed by atoms with Gasteiger partial charge in [0.2, 0.25) is 0 Å². The molecule has 1 N–H and O–H groups in total. The average molecular weight is 449 g/mol. The maximum Gasteiger partial charge on any atom is 0.343 e. The summed E-state index contributed by atoms with van der Waals surface area (Å²) >= 11 is 0. The average Bonchev–Trinajstić information content (AvgIpc) is 3.56. The van der Waals surface area contributed by atoms with Crippen molar-refractivity contribution in [3.63, 3.8) is 0 Å². The van der Waals surface area contributed by atoms with Crippen molar-refractivity contribution >= 4 is 21.7 Å². The molecule has 1 aromatic carbocycles. The van der Waals surface area contributed by atoms with E-state index in [1.165, 1.54) is 13.2 Å². The number of rotatable bonds is 7. The van der Waals surface area contributed by atoms with Gasteiger partial charge in [0.15, 0.2) is 27.2 Å². The molecule has 8 nitrogen and oxygen atoms in total. The number of carbonyl (C=O) groups is 1. The first-order valence-electron chi connectivity index (χ1n) is 10.9. The third kappa shape index (κ3) is 4.36. The normalized spacial score (nSPS) is 17.1. The number of fused-ring (bicyclic) bond motifs is 3. The predicted octanol–water partition coefficient (Wildman–Crippen LogP) is 2.44. The fraction of sp³-hybridized carbons (Fsp3) is 0.478. The number of carbonyl (C=O) groups excluding carboxylic acids is 1. The van der Waals surface area contributed by atoms with Crippen LogP contribution in [0, 0.1) is 5.92 Å². The molecule has 33 heavy (non-hydrogen) atoms. The van der Waals surface area contributed by atoms with Gasteiger partial charge in [0.1, 0.15) is 23.0 Å². The molecule has 170 valence electrons. The molecule has 1 aromatic heterocycles. The van der Waals surface area contributed by atoms with Crippen LogP contribution in [0.5, 0.6) is 17.2 Å². The lowest BCUT2D eigenvalue weighted by atomic mass is 9.76. The highest BCUT2D eigenvalue weighted by Crippen LogP contribution is 2.51. The first-order chi connectivity index (χ1) is 15.6. The van der Waals surface area contributed by atoms with Gasteiger partial charge in [0.05, 0.1) is 19.4 Å². The Labute approximate surface area is 194 Å². The summed E-state index contributed by atoms with van der Waals surface area (Å²) in [5.74, 6) is 0.0889. The second-order valence-corrected chi connectivity index (χ2v) is 8.62. The SMILES string of the molecule is [B]C([B])(O)Oc1cc2c(cc1OC)-c1c(cc(C(=O)OCC)c(=O)n1C1CC1)C(C(C)C)O2. The van der Waals surface area contributed by atoms with Crippen molar-refractivity contribution in [2.75, 3.05) is 13.7 Å². The maximum atomic E-state index is 13.4. The molecule has 0 spiro atoms. The number of aromatic nitrogens is 1. The van der Waals surface area contributed by atoms with E-state index >= 15 is 0 Å². The number of ether oxygens (including phenoxy) is 4. The summed E-state index contributed by atoms with van der Waals surface area (Å²) in [6, 6.07) is 4.73. The number of aliphatic hydroxyl groups is 1. The molecule has 0 saturated heterocycles. The zero-order valence-electron chi connectivity index (χ0n) is 19.1. The molecular formula is C23H25B2NO7. The van der Waals surface area contributed by atoms with Crippen LogP contribution in [0.2, 0.25) is 0 Å². The summed E-state index contributed by atoms with van der Waals surface area (Å²) in [5.41, 5.74) is -0.849. The Morgan fingerprint density at radius 3 is 2.52 bits per heavy atom. The predicted molar refractivity (Wildman–Crippen MR) is 122 cm³/mol. The minimum atomic E-state index is -2.42. The minimum Gasteiger partial charge on any atom is -0.493 e. The molecule has 1 unspecified atom stereocenters. The van der Waals surface area contributed by atoms with E-state index in [1.807, 2.05) is 13.8 Å². The Morgan fingerprint density at radius 1 is 1.27 bits per heavy atom. The molecule has 1 aliphatic carbocycles. The van der Waals surface area contributed by atoms with Crippen molar-refractivity contribution in [1.82, 2.24) is 4.57 Å². The molecule has 0 bridgehead atoms. The van der Waals surface area contributed by atoms with Crippen LogP contribution >= 0.6 is 0 Å². The number of hydrogen-bond acceptors (Lipinski definition) is 7. The van der Waals surface area contributed by atoms with Gasteiger partial charge < -0.3 is 28.6 Å². The van der Waals surface area contributed by atoms with Gasteiger partial charge in [-0.2, -0.15) is 0 Å². The van der Waals surface area contributed by atoms with Crippen LogP contribution in [0.4, 0.5) is 0 Å². The van der Waals surface area contributed by atoms with Gasteiger partial charge in [0, 0.05) is 23.2 Å². The summed E-state index contributed by atoms with van der Waals surface area (Å²) in [7, 11) is 12.2. The first-order valence-corrected chi connectivity index (χ1v) is 10.9. The zero-order valence-corrected chi connectivity index (χ0v) is 19.1. The van der Waals surface area contributed by atoms with Crippen LogP contribution in [-0.2, 0) is 4.74 Å². The molecule has 2 heterocycles. The zero-order chi connectivity index (χ0) is 24.1. The van der Waals surface area contributed by atoms with Crippen LogP contribution in [-0.4, -0.2) is 50.6 Å². The summed E-state index contributed by atoms with van der Waals surface area (Å²) in [4.78, 5) is 26.0. The van der Waals surface area contributed by atoms with Crippen molar-refractivity contribution in [3.8, 4) is 28.5 Å². The minimum absolute atomic E-state index is 0.00419. The lowest BCUT2D eigenvalue weighted by Gasteiger charge is -2.34. The Bertz CT molecular complexity index is 1150. The first kappa shape index (κ1) is 23.3. The molecule has 4 rings (SSSR count). The summed E-state index contributed by atoms with van der Waals surface area (Å²) in [5, 5.41) is 9.73. The van der Waals surface area contributed by atoms with E-state index in [0.717, 1.165) is 18.4 Å². The summed E-state index contributed by atoms with van der Waals surface area (Å²) < 4.78 is 23.8. The fourth-order valence-corrected chi connectivity index (χ4v) is 4.13. The largest absolute Gasteiger partial charge is 0.493 e. The lowest BCUT2D eigenvalue weighted by Crippen LogP contribution is -2.36. The van der Waals surface area contributed by atoms with Gasteiger partial charge in [-0.15, -0.1) is 0 Å². The van der Waals surface area contributed by atoms with E-state index in [0.29, 0.717) is 17.0 Å². The third-order valence-electron chi connectivity index (χ3n) is 5.63. The summed E-state index contributed by atoms with van der Waals surface area (Å²) in [6.07, 6.45) is 1.20. The molecule has 2 aliphatic rings. The number of methoxy groups -OCH3 is 1. The number of hydrogen-bond donors (Lipinski definition) is 1.